The number of nitrogens with zero attached hydrogens (tertiary/aromatic N) is 2. The molecule has 1 aliphatic heterocycles. The van der Waals surface area contributed by atoms with Gasteiger partial charge in [-0.15, -0.1) is 0 Å². The van der Waals surface area contributed by atoms with E-state index >= 15 is 0 Å². The van der Waals surface area contributed by atoms with E-state index < -0.39 is 31.1 Å². The molecule has 3 rings (SSSR count). The molecular weight excluding hydrogens is 340 g/mol. The van der Waals surface area contributed by atoms with Gasteiger partial charge in [-0.25, -0.2) is 0 Å². The molecule has 0 spiro atoms. The molecule has 0 aromatic heterocycles. The van der Waals surface area contributed by atoms with Crippen LogP contribution in [0.3, 0.4) is 0 Å². The fourth-order valence-electron chi connectivity index (χ4n) is 2.76. The highest BCUT2D eigenvalue weighted by Gasteiger charge is 2.30. The van der Waals surface area contributed by atoms with Crippen molar-refractivity contribution in [1.82, 2.24) is 0 Å². The Balaban J connectivity index is 0.00000320. The van der Waals surface area contributed by atoms with Crippen LogP contribution in [0.15, 0.2) is 58.3 Å². The van der Waals surface area contributed by atoms with Gasteiger partial charge in [-0.2, -0.15) is 0 Å². The maximum absolute atomic E-state index is 9.57. The van der Waals surface area contributed by atoms with E-state index in [1.54, 1.807) is 18.7 Å². The summed E-state index contributed by atoms with van der Waals surface area (Å²) in [6.45, 7) is -4.69. The van der Waals surface area contributed by atoms with E-state index in [0.717, 1.165) is 21.2 Å². The van der Waals surface area contributed by atoms with E-state index in [1.165, 1.54) is 0 Å². The molecule has 3 nitrogen and oxygen atoms in total. The minimum Gasteiger partial charge on any atom is -1.00 e. The van der Waals surface area contributed by atoms with Crippen LogP contribution in [0, 0.1) is 0 Å². The summed E-state index contributed by atoms with van der Waals surface area (Å²) in [6.07, 6.45) is 0. The number of benzene rings is 2. The van der Waals surface area contributed by atoms with Crippen molar-refractivity contribution >= 4 is 23.1 Å². The third-order valence-electron chi connectivity index (χ3n) is 4.18. The molecule has 0 bridgehead atoms. The minimum atomic E-state index is -2.81. The van der Waals surface area contributed by atoms with Crippen molar-refractivity contribution in [1.29, 1.82) is 0 Å². The molecule has 0 saturated heterocycles. The summed E-state index contributed by atoms with van der Waals surface area (Å²) < 4.78 is 47.1. The van der Waals surface area contributed by atoms with Crippen LogP contribution in [0.4, 0.5) is 11.4 Å². The van der Waals surface area contributed by atoms with E-state index in [9.17, 15) is 5.11 Å². The molecule has 0 radical (unpaired) electrons. The topological polar surface area (TPSA) is 23.5 Å². The van der Waals surface area contributed by atoms with E-state index in [0.29, 0.717) is 0 Å². The Morgan fingerprint density at radius 2 is 1.62 bits per heavy atom. The van der Waals surface area contributed by atoms with E-state index in [4.69, 9.17) is 8.22 Å². The number of aliphatic hydroxyl groups excluding tert-OH is 1. The molecule has 1 N–H and O–H groups in total. The molecule has 1 unspecified atom stereocenters. The third-order valence-corrected chi connectivity index (χ3v) is 5.31. The smallest absolute Gasteiger partial charge is 0.104 e. The highest BCUT2D eigenvalue weighted by Crippen LogP contribution is 2.47. The number of halogens is 1. The first-order valence-corrected chi connectivity index (χ1v) is 8.47. The van der Waals surface area contributed by atoms with Gasteiger partial charge in [0.15, 0.2) is 0 Å². The Kier molecular flexibility index (Phi) is 3.96. The van der Waals surface area contributed by atoms with Gasteiger partial charge in [-0.3, -0.25) is 0 Å². The molecule has 2 aromatic carbocycles. The maximum atomic E-state index is 9.57. The monoisotopic (exact) mass is 370 g/mol. The van der Waals surface area contributed by atoms with Gasteiger partial charge >= 0.3 is 0 Å². The Bertz CT molecular complexity index is 817. The fraction of sp³-hybridized carbons (Fsp3) is 0.368. The molecule has 1 aliphatic rings. The lowest BCUT2D eigenvalue weighted by molar-refractivity contribution is -0.911. The summed E-state index contributed by atoms with van der Waals surface area (Å²) >= 11 is 1.63. The Hall–Kier alpha value is -1.20. The lowest BCUT2D eigenvalue weighted by Gasteiger charge is -2.40. The summed E-state index contributed by atoms with van der Waals surface area (Å²) in [6, 6.07) is 14.8. The maximum Gasteiger partial charge on any atom is 0.104 e. The van der Waals surface area contributed by atoms with E-state index in [-0.39, 0.29) is 25.5 Å². The van der Waals surface area contributed by atoms with Gasteiger partial charge in [0.2, 0.25) is 0 Å². The lowest BCUT2D eigenvalue weighted by atomic mass is 10.1. The Morgan fingerprint density at radius 1 is 1.08 bits per heavy atom. The predicted octanol–water partition coefficient (Wildman–Crippen LogP) is 0.751. The molecular formula is C19H25ClN2OS. The number of likely N-dealkylation sites (N-methyl/N-ethyl adjacent to an activating group) is 1. The summed E-state index contributed by atoms with van der Waals surface area (Å²) in [5.74, 6) is 0. The van der Waals surface area contributed by atoms with Crippen molar-refractivity contribution in [2.24, 2.45) is 0 Å². The van der Waals surface area contributed by atoms with Crippen LogP contribution in [0.25, 0.3) is 0 Å². The van der Waals surface area contributed by atoms with E-state index in [1.807, 2.05) is 53.4 Å². The second-order valence-electron chi connectivity index (χ2n) is 5.81. The largest absolute Gasteiger partial charge is 1.00 e. The van der Waals surface area contributed by atoms with Crippen LogP contribution in [0.1, 0.15) is 15.1 Å². The molecule has 0 fully saturated rings. The zero-order chi connectivity index (χ0) is 21.4. The lowest BCUT2D eigenvalue weighted by Crippen LogP contribution is -3.00. The molecule has 24 heavy (non-hydrogen) atoms. The van der Waals surface area contributed by atoms with Gasteiger partial charge in [-0.1, -0.05) is 36.0 Å². The molecule has 0 saturated carbocycles. The molecule has 0 aliphatic carbocycles. The Morgan fingerprint density at radius 3 is 2.12 bits per heavy atom. The van der Waals surface area contributed by atoms with Gasteiger partial charge in [0, 0.05) is 9.79 Å². The van der Waals surface area contributed by atoms with E-state index in [2.05, 4.69) is 0 Å². The number of fused-ring (bicyclic) bond motifs is 2. The first-order valence-electron chi connectivity index (χ1n) is 10.6. The summed E-state index contributed by atoms with van der Waals surface area (Å²) in [4.78, 5) is 4.05. The van der Waals surface area contributed by atoms with Crippen molar-refractivity contribution in [3.05, 3.63) is 48.5 Å². The number of anilines is 2. The SMILES string of the molecule is [2H]C([2H])([2H])[N+](CCO)(C(C)CN1c2ccccc2Sc2ccccc21)C([2H])([2H])[2H].[Cl-]. The normalized spacial score (nSPS) is 19.2. The zero-order valence-electron chi connectivity index (χ0n) is 19.4. The minimum absolute atomic E-state index is 0. The number of hydrogen-bond acceptors (Lipinski definition) is 3. The van der Waals surface area contributed by atoms with Crippen molar-refractivity contribution < 1.29 is 30.2 Å². The molecule has 2 aromatic rings. The number of quaternary nitrogens is 1. The number of rotatable bonds is 5. The number of para-hydroxylation sites is 2. The van der Waals surface area contributed by atoms with Gasteiger partial charge in [0.25, 0.3) is 0 Å². The molecule has 5 heteroatoms. The van der Waals surface area contributed by atoms with Gasteiger partial charge < -0.3 is 26.9 Å². The van der Waals surface area contributed by atoms with Crippen molar-refractivity contribution in [2.75, 3.05) is 38.5 Å². The van der Waals surface area contributed by atoms with Gasteiger partial charge in [-0.05, 0) is 31.2 Å². The van der Waals surface area contributed by atoms with Crippen LogP contribution < -0.4 is 17.3 Å². The second-order valence-corrected chi connectivity index (χ2v) is 6.90. The highest BCUT2D eigenvalue weighted by molar-refractivity contribution is 7.99. The zero-order valence-corrected chi connectivity index (χ0v) is 15.0. The summed E-state index contributed by atoms with van der Waals surface area (Å²) in [5, 5.41) is 9.57. The fourth-order valence-corrected chi connectivity index (χ4v) is 3.86. The standard InChI is InChI=1S/C19H25N2OS.ClH/c1-15(21(2,3)12-13-22)14-20-16-8-4-6-10-18(16)23-19-11-7-5-9-17(19)20;/h4-11,15,22H,12-14H2,1-3H3;1H/q+1;/p-1/i2D3,3D3;. The van der Waals surface area contributed by atoms with Gasteiger partial charge in [0.1, 0.15) is 12.6 Å². The molecule has 1 heterocycles. The van der Waals surface area contributed by atoms with Gasteiger partial charge in [0.05, 0.1) is 46.7 Å². The van der Waals surface area contributed by atoms with Crippen molar-refractivity contribution in [3.8, 4) is 0 Å². The van der Waals surface area contributed by atoms with Crippen molar-refractivity contribution in [2.45, 2.75) is 22.8 Å². The van der Waals surface area contributed by atoms with Crippen molar-refractivity contribution in [3.63, 3.8) is 0 Å². The van der Waals surface area contributed by atoms with Crippen LogP contribution >= 0.6 is 11.8 Å². The number of aliphatic hydroxyl groups is 1. The van der Waals surface area contributed by atoms with Crippen LogP contribution in [0.2, 0.25) is 0 Å². The Labute approximate surface area is 163 Å². The summed E-state index contributed by atoms with van der Waals surface area (Å²) in [5.41, 5.74) is 1.84. The molecule has 130 valence electrons. The quantitative estimate of drug-likeness (QED) is 0.786. The highest BCUT2D eigenvalue weighted by atomic mass is 35.5. The first-order chi connectivity index (χ1) is 13.5. The number of hydrogen-bond donors (Lipinski definition) is 1. The van der Waals surface area contributed by atoms with Crippen LogP contribution in [-0.2, 0) is 0 Å². The third kappa shape index (κ3) is 3.72. The second kappa shape index (κ2) is 7.79. The molecule has 1 atom stereocenters. The predicted molar refractivity (Wildman–Crippen MR) is 97.5 cm³/mol. The summed E-state index contributed by atoms with van der Waals surface area (Å²) in [7, 11) is 0. The first kappa shape index (κ1) is 12.2. The van der Waals surface area contributed by atoms with Crippen LogP contribution in [0.5, 0.6) is 0 Å². The molecule has 0 amide bonds. The average Bonchev–Trinajstić information content (AvgIpc) is 2.63. The van der Waals surface area contributed by atoms with Crippen LogP contribution in [-0.4, -0.2) is 49.3 Å². The average molecular weight is 371 g/mol.